The van der Waals surface area contributed by atoms with Gasteiger partial charge in [0.2, 0.25) is 5.89 Å². The molecule has 0 aliphatic heterocycles. The number of ether oxygens (including phenoxy) is 1. The molecule has 29 heavy (non-hydrogen) atoms. The number of hydrogen-bond donors (Lipinski definition) is 0. The second-order valence-electron chi connectivity index (χ2n) is 6.48. The Morgan fingerprint density at radius 2 is 1.69 bits per heavy atom. The van der Waals surface area contributed by atoms with E-state index in [1.807, 2.05) is 32.0 Å². The summed E-state index contributed by atoms with van der Waals surface area (Å²) in [6.07, 6.45) is -3.35. The first-order chi connectivity index (χ1) is 13.7. The monoisotopic (exact) mass is 403 g/mol. The summed E-state index contributed by atoms with van der Waals surface area (Å²) in [6.45, 7) is 3.88. The fourth-order valence-corrected chi connectivity index (χ4v) is 2.85. The summed E-state index contributed by atoms with van der Waals surface area (Å²) < 4.78 is 63.1. The molecule has 9 heteroatoms. The summed E-state index contributed by atoms with van der Waals surface area (Å²) in [5, 5.41) is 0. The van der Waals surface area contributed by atoms with E-state index in [4.69, 9.17) is 9.15 Å². The highest BCUT2D eigenvalue weighted by Gasteiger charge is 2.31. The molecule has 0 amide bonds. The molecule has 4 aromatic rings. The second kappa shape index (κ2) is 6.84. The Bertz CT molecular complexity index is 1200. The normalized spacial score (nSPS) is 11.8. The lowest BCUT2D eigenvalue weighted by Gasteiger charge is -2.09. The molecule has 0 radical (unpaired) electrons. The number of halogens is 4. The van der Waals surface area contributed by atoms with Crippen LogP contribution in [0.1, 0.15) is 16.7 Å². The van der Waals surface area contributed by atoms with Crippen LogP contribution in [0.15, 0.2) is 47.0 Å². The molecule has 0 fully saturated rings. The van der Waals surface area contributed by atoms with Gasteiger partial charge in [0.1, 0.15) is 5.52 Å². The lowest BCUT2D eigenvalue weighted by Crippen LogP contribution is -2.05. The Balaban J connectivity index is 1.68. The fraction of sp³-hybridized carbons (Fsp3) is 0.150. The van der Waals surface area contributed by atoms with Crippen molar-refractivity contribution in [3.8, 4) is 23.2 Å². The van der Waals surface area contributed by atoms with E-state index >= 15 is 0 Å². The molecule has 0 spiro atoms. The van der Waals surface area contributed by atoms with Crippen molar-refractivity contribution in [3.63, 3.8) is 0 Å². The minimum Gasteiger partial charge on any atom is -0.421 e. The van der Waals surface area contributed by atoms with Crippen LogP contribution in [-0.2, 0) is 6.18 Å². The lowest BCUT2D eigenvalue weighted by molar-refractivity contribution is -0.137. The van der Waals surface area contributed by atoms with Crippen molar-refractivity contribution in [2.45, 2.75) is 20.0 Å². The van der Waals surface area contributed by atoms with Gasteiger partial charge in [-0.05, 0) is 44.2 Å². The molecular weight excluding hydrogens is 390 g/mol. The average molecular weight is 403 g/mol. The van der Waals surface area contributed by atoms with Crippen LogP contribution in [0.4, 0.5) is 17.6 Å². The first kappa shape index (κ1) is 18.9. The summed E-state index contributed by atoms with van der Waals surface area (Å²) in [5.74, 6) is -1.31. The van der Waals surface area contributed by atoms with Crippen molar-refractivity contribution in [2.75, 3.05) is 0 Å². The number of rotatable bonds is 3. The number of oxazole rings is 1. The number of aromatic nitrogens is 3. The van der Waals surface area contributed by atoms with Gasteiger partial charge in [-0.25, -0.2) is 14.4 Å². The number of aryl methyl sites for hydroxylation is 2. The second-order valence-corrected chi connectivity index (χ2v) is 6.48. The van der Waals surface area contributed by atoms with E-state index in [0.29, 0.717) is 29.6 Å². The van der Waals surface area contributed by atoms with E-state index in [1.165, 1.54) is 6.20 Å². The molecule has 0 saturated carbocycles. The number of nitrogens with zero attached hydrogens (tertiary/aromatic N) is 3. The largest absolute Gasteiger partial charge is 0.421 e. The van der Waals surface area contributed by atoms with Crippen molar-refractivity contribution < 1.29 is 26.7 Å². The van der Waals surface area contributed by atoms with Gasteiger partial charge in [-0.1, -0.05) is 17.2 Å². The molecule has 0 N–H and O–H groups in total. The Morgan fingerprint density at radius 3 is 2.38 bits per heavy atom. The highest BCUT2D eigenvalue weighted by molar-refractivity contribution is 5.72. The van der Waals surface area contributed by atoms with Crippen molar-refractivity contribution in [2.24, 2.45) is 0 Å². The average Bonchev–Trinajstić information content (AvgIpc) is 3.05. The predicted octanol–water partition coefficient (Wildman–Crippen LogP) is 5.85. The predicted molar refractivity (Wildman–Crippen MR) is 96.0 cm³/mol. The van der Waals surface area contributed by atoms with E-state index < -0.39 is 23.3 Å². The van der Waals surface area contributed by atoms with Gasteiger partial charge in [-0.2, -0.15) is 18.2 Å². The van der Waals surface area contributed by atoms with E-state index in [-0.39, 0.29) is 11.7 Å². The van der Waals surface area contributed by atoms with Gasteiger partial charge in [0.05, 0.1) is 11.8 Å². The van der Waals surface area contributed by atoms with Crippen LogP contribution in [0.25, 0.3) is 22.7 Å². The molecule has 0 atom stereocenters. The molecule has 0 bridgehead atoms. The van der Waals surface area contributed by atoms with E-state index in [2.05, 4.69) is 15.0 Å². The van der Waals surface area contributed by atoms with E-state index in [0.717, 1.165) is 16.7 Å². The number of benzene rings is 2. The SMILES string of the molecule is Cc1cc(C)cc(-c2nc3cnc(Oc4cc(C(F)(F)F)ccc4F)nc3o2)c1. The first-order valence-electron chi connectivity index (χ1n) is 8.46. The molecule has 0 aliphatic rings. The third kappa shape index (κ3) is 3.89. The van der Waals surface area contributed by atoms with Gasteiger partial charge in [0.15, 0.2) is 11.6 Å². The standard InChI is InChI=1S/C20H13F4N3O2/c1-10-5-11(2)7-12(6-10)17-26-15-9-25-19(27-18(15)29-17)28-16-8-13(20(22,23)24)3-4-14(16)21/h3-9H,1-2H3. The molecule has 2 heterocycles. The third-order valence-corrected chi connectivity index (χ3v) is 4.06. The molecule has 148 valence electrons. The topological polar surface area (TPSA) is 61.0 Å². The molecule has 5 nitrogen and oxygen atoms in total. The Labute approximate surface area is 162 Å². The molecule has 2 aromatic carbocycles. The third-order valence-electron chi connectivity index (χ3n) is 4.06. The maximum Gasteiger partial charge on any atom is 0.416 e. The van der Waals surface area contributed by atoms with Crippen LogP contribution in [0, 0.1) is 19.7 Å². The highest BCUT2D eigenvalue weighted by atomic mass is 19.4. The van der Waals surface area contributed by atoms with Gasteiger partial charge in [-0.3, -0.25) is 0 Å². The van der Waals surface area contributed by atoms with Gasteiger partial charge in [-0.15, -0.1) is 0 Å². The number of fused-ring (bicyclic) bond motifs is 1. The van der Waals surface area contributed by atoms with Crippen LogP contribution in [0.3, 0.4) is 0 Å². The van der Waals surface area contributed by atoms with Crippen LogP contribution >= 0.6 is 0 Å². The van der Waals surface area contributed by atoms with Crippen LogP contribution < -0.4 is 4.74 Å². The zero-order chi connectivity index (χ0) is 20.8. The minimum atomic E-state index is -4.64. The maximum atomic E-state index is 13.9. The van der Waals surface area contributed by atoms with Crippen LogP contribution in [0.5, 0.6) is 11.8 Å². The van der Waals surface area contributed by atoms with Gasteiger partial charge in [0, 0.05) is 5.56 Å². The minimum absolute atomic E-state index is 0.0662. The number of hydrogen-bond acceptors (Lipinski definition) is 5. The molecule has 0 saturated heterocycles. The van der Waals surface area contributed by atoms with Gasteiger partial charge in [0.25, 0.3) is 5.71 Å². The Kier molecular flexibility index (Phi) is 4.45. The Hall–Kier alpha value is -3.49. The zero-order valence-electron chi connectivity index (χ0n) is 15.2. The summed E-state index contributed by atoms with van der Waals surface area (Å²) >= 11 is 0. The number of alkyl halides is 3. The van der Waals surface area contributed by atoms with Gasteiger partial charge >= 0.3 is 12.2 Å². The molecule has 0 aliphatic carbocycles. The Morgan fingerprint density at radius 1 is 0.966 bits per heavy atom. The summed E-state index contributed by atoms with van der Waals surface area (Å²) in [5.41, 5.74) is 2.14. The van der Waals surface area contributed by atoms with Crippen molar-refractivity contribution >= 4 is 11.2 Å². The van der Waals surface area contributed by atoms with Crippen LogP contribution in [-0.4, -0.2) is 15.0 Å². The van der Waals surface area contributed by atoms with Gasteiger partial charge < -0.3 is 9.15 Å². The van der Waals surface area contributed by atoms with Crippen molar-refractivity contribution in [1.82, 2.24) is 15.0 Å². The maximum absolute atomic E-state index is 13.9. The van der Waals surface area contributed by atoms with Crippen molar-refractivity contribution in [1.29, 1.82) is 0 Å². The van der Waals surface area contributed by atoms with Crippen LogP contribution in [0.2, 0.25) is 0 Å². The first-order valence-corrected chi connectivity index (χ1v) is 8.46. The smallest absolute Gasteiger partial charge is 0.416 e. The summed E-state index contributed by atoms with van der Waals surface area (Å²) in [7, 11) is 0. The lowest BCUT2D eigenvalue weighted by atomic mass is 10.1. The molecular formula is C20H13F4N3O2. The zero-order valence-corrected chi connectivity index (χ0v) is 15.2. The summed E-state index contributed by atoms with van der Waals surface area (Å²) in [4.78, 5) is 12.2. The highest BCUT2D eigenvalue weighted by Crippen LogP contribution is 2.34. The molecule has 4 rings (SSSR count). The van der Waals surface area contributed by atoms with Crippen molar-refractivity contribution in [3.05, 3.63) is 65.1 Å². The summed E-state index contributed by atoms with van der Waals surface area (Å²) in [6, 6.07) is 7.26. The quantitative estimate of drug-likeness (QED) is 0.402. The van der Waals surface area contributed by atoms with E-state index in [1.54, 1.807) is 0 Å². The fourth-order valence-electron chi connectivity index (χ4n) is 2.85. The molecule has 2 aromatic heterocycles. The van der Waals surface area contributed by atoms with E-state index in [9.17, 15) is 17.6 Å². The molecule has 0 unspecified atom stereocenters.